The molecule has 5 heteroatoms. The molecule has 1 N–H and O–H groups in total. The van der Waals surface area contributed by atoms with Gasteiger partial charge >= 0.3 is 5.97 Å². The third-order valence-electron chi connectivity index (χ3n) is 5.08. The van der Waals surface area contributed by atoms with Gasteiger partial charge < -0.3 is 10.1 Å². The first kappa shape index (κ1) is 21.5. The molecule has 1 amide bonds. The van der Waals surface area contributed by atoms with Gasteiger partial charge in [-0.2, -0.15) is 0 Å². The summed E-state index contributed by atoms with van der Waals surface area (Å²) in [5, 5.41) is 5.27. The van der Waals surface area contributed by atoms with E-state index in [1.165, 1.54) is 11.3 Å². The van der Waals surface area contributed by atoms with Crippen molar-refractivity contribution in [3.05, 3.63) is 101 Å². The SMILES string of the molecule is CCOC(=O)c1c(-c2ccc(-c3ccccc3)cc2)csc1NC(=O)c1cccc(C)c1. The predicted molar refractivity (Wildman–Crippen MR) is 130 cm³/mol. The number of rotatable bonds is 6. The molecule has 0 radical (unpaired) electrons. The number of amides is 1. The van der Waals surface area contributed by atoms with E-state index in [1.807, 2.05) is 73.0 Å². The zero-order valence-electron chi connectivity index (χ0n) is 17.9. The van der Waals surface area contributed by atoms with Crippen molar-refractivity contribution in [2.45, 2.75) is 13.8 Å². The molecule has 0 aliphatic carbocycles. The van der Waals surface area contributed by atoms with Crippen molar-refractivity contribution in [3.63, 3.8) is 0 Å². The van der Waals surface area contributed by atoms with E-state index in [2.05, 4.69) is 17.4 Å². The molecule has 0 saturated carbocycles. The molecule has 0 unspecified atom stereocenters. The van der Waals surface area contributed by atoms with Gasteiger partial charge in [0.25, 0.3) is 5.91 Å². The summed E-state index contributed by atoms with van der Waals surface area (Å²) in [6.07, 6.45) is 0. The van der Waals surface area contributed by atoms with Crippen LogP contribution in [0.2, 0.25) is 0 Å². The van der Waals surface area contributed by atoms with Gasteiger partial charge in [-0.25, -0.2) is 4.79 Å². The van der Waals surface area contributed by atoms with Gasteiger partial charge in [-0.15, -0.1) is 11.3 Å². The van der Waals surface area contributed by atoms with Crippen molar-refractivity contribution in [2.24, 2.45) is 0 Å². The van der Waals surface area contributed by atoms with Crippen molar-refractivity contribution >= 4 is 28.2 Å². The van der Waals surface area contributed by atoms with E-state index in [0.29, 0.717) is 16.1 Å². The van der Waals surface area contributed by atoms with Gasteiger partial charge in [0, 0.05) is 16.5 Å². The highest BCUT2D eigenvalue weighted by molar-refractivity contribution is 7.15. The number of hydrogen-bond acceptors (Lipinski definition) is 4. The second kappa shape index (κ2) is 9.62. The summed E-state index contributed by atoms with van der Waals surface area (Å²) in [6.45, 7) is 3.96. The Morgan fingerprint density at radius 3 is 2.25 bits per heavy atom. The van der Waals surface area contributed by atoms with Crippen LogP contribution in [0.4, 0.5) is 5.00 Å². The zero-order chi connectivity index (χ0) is 22.5. The van der Waals surface area contributed by atoms with E-state index in [-0.39, 0.29) is 12.5 Å². The number of esters is 1. The average molecular weight is 442 g/mol. The summed E-state index contributed by atoms with van der Waals surface area (Å²) < 4.78 is 5.30. The molecular formula is C27H23NO3S. The van der Waals surface area contributed by atoms with Gasteiger partial charge in [0.2, 0.25) is 0 Å². The lowest BCUT2D eigenvalue weighted by Gasteiger charge is -2.10. The van der Waals surface area contributed by atoms with Crippen molar-refractivity contribution < 1.29 is 14.3 Å². The monoisotopic (exact) mass is 441 g/mol. The summed E-state index contributed by atoms with van der Waals surface area (Å²) in [6, 6.07) is 25.5. The minimum atomic E-state index is -0.449. The number of thiophene rings is 1. The number of nitrogens with one attached hydrogen (secondary N) is 1. The van der Waals surface area contributed by atoms with E-state index < -0.39 is 5.97 Å². The first-order chi connectivity index (χ1) is 15.6. The van der Waals surface area contributed by atoms with Crippen molar-refractivity contribution in [2.75, 3.05) is 11.9 Å². The Morgan fingerprint density at radius 1 is 0.875 bits per heavy atom. The number of benzene rings is 3. The van der Waals surface area contributed by atoms with Crippen LogP contribution in [0.5, 0.6) is 0 Å². The highest BCUT2D eigenvalue weighted by Gasteiger charge is 2.23. The maximum absolute atomic E-state index is 12.8. The van der Waals surface area contributed by atoms with Crippen LogP contribution < -0.4 is 5.32 Å². The Morgan fingerprint density at radius 2 is 1.56 bits per heavy atom. The number of carbonyl (C=O) groups is 2. The zero-order valence-corrected chi connectivity index (χ0v) is 18.7. The molecule has 4 rings (SSSR count). The largest absolute Gasteiger partial charge is 0.462 e. The Kier molecular flexibility index (Phi) is 6.47. The van der Waals surface area contributed by atoms with Gasteiger partial charge in [0.05, 0.1) is 6.61 Å². The second-order valence-electron chi connectivity index (χ2n) is 7.34. The fraction of sp³-hybridized carbons (Fsp3) is 0.111. The highest BCUT2D eigenvalue weighted by atomic mass is 32.1. The van der Waals surface area contributed by atoms with E-state index in [1.54, 1.807) is 13.0 Å². The Balaban J connectivity index is 1.67. The van der Waals surface area contributed by atoms with E-state index in [0.717, 1.165) is 27.8 Å². The molecule has 1 heterocycles. The third-order valence-corrected chi connectivity index (χ3v) is 5.98. The lowest BCUT2D eigenvalue weighted by Crippen LogP contribution is -2.15. The molecule has 0 spiro atoms. The minimum absolute atomic E-state index is 0.256. The molecule has 1 aromatic heterocycles. The summed E-state index contributed by atoms with van der Waals surface area (Å²) in [5.74, 6) is -0.706. The lowest BCUT2D eigenvalue weighted by atomic mass is 9.99. The molecular weight excluding hydrogens is 418 g/mol. The quantitative estimate of drug-likeness (QED) is 0.334. The second-order valence-corrected chi connectivity index (χ2v) is 8.22. The summed E-state index contributed by atoms with van der Waals surface area (Å²) in [5.41, 5.74) is 5.77. The Hall–Kier alpha value is -3.70. The van der Waals surface area contributed by atoms with E-state index >= 15 is 0 Å². The molecule has 0 saturated heterocycles. The molecule has 0 bridgehead atoms. The van der Waals surface area contributed by atoms with E-state index in [4.69, 9.17) is 4.74 Å². The fourth-order valence-electron chi connectivity index (χ4n) is 3.50. The molecule has 4 nitrogen and oxygen atoms in total. The summed E-state index contributed by atoms with van der Waals surface area (Å²) >= 11 is 1.32. The molecule has 160 valence electrons. The van der Waals surface area contributed by atoms with Gasteiger partial charge in [-0.1, -0.05) is 72.3 Å². The number of hydrogen-bond donors (Lipinski definition) is 1. The normalized spacial score (nSPS) is 10.6. The van der Waals surface area contributed by atoms with E-state index in [9.17, 15) is 9.59 Å². The van der Waals surface area contributed by atoms with Crippen molar-refractivity contribution in [1.82, 2.24) is 0 Å². The van der Waals surface area contributed by atoms with Gasteiger partial charge in [0.1, 0.15) is 10.6 Å². The molecule has 3 aromatic carbocycles. The molecule has 0 aliphatic heterocycles. The molecule has 0 fully saturated rings. The average Bonchev–Trinajstić information content (AvgIpc) is 3.23. The van der Waals surface area contributed by atoms with Gasteiger partial charge in [0.15, 0.2) is 0 Å². The molecule has 0 atom stereocenters. The Bertz CT molecular complexity index is 1240. The van der Waals surface area contributed by atoms with Crippen LogP contribution in [0.1, 0.15) is 33.2 Å². The fourth-order valence-corrected chi connectivity index (χ4v) is 4.46. The highest BCUT2D eigenvalue weighted by Crippen LogP contribution is 2.37. The van der Waals surface area contributed by atoms with Gasteiger partial charge in [-0.05, 0) is 42.7 Å². The maximum atomic E-state index is 12.8. The van der Waals surface area contributed by atoms with Crippen LogP contribution in [0.15, 0.2) is 84.2 Å². The lowest BCUT2D eigenvalue weighted by molar-refractivity contribution is 0.0529. The third kappa shape index (κ3) is 4.63. The predicted octanol–water partition coefficient (Wildman–Crippen LogP) is 6.82. The molecule has 4 aromatic rings. The number of anilines is 1. The Labute approximate surface area is 191 Å². The van der Waals surface area contributed by atoms with Crippen molar-refractivity contribution in [3.8, 4) is 22.3 Å². The smallest absolute Gasteiger partial charge is 0.341 e. The minimum Gasteiger partial charge on any atom is -0.462 e. The first-order valence-electron chi connectivity index (χ1n) is 10.4. The summed E-state index contributed by atoms with van der Waals surface area (Å²) in [7, 11) is 0. The van der Waals surface area contributed by atoms with Crippen LogP contribution in [0.25, 0.3) is 22.3 Å². The van der Waals surface area contributed by atoms with Crippen LogP contribution in [0.3, 0.4) is 0 Å². The number of ether oxygens (including phenoxy) is 1. The van der Waals surface area contributed by atoms with Gasteiger partial charge in [-0.3, -0.25) is 4.79 Å². The molecule has 0 aliphatic rings. The topological polar surface area (TPSA) is 55.4 Å². The van der Waals surface area contributed by atoms with Crippen LogP contribution >= 0.6 is 11.3 Å². The number of carbonyl (C=O) groups excluding carboxylic acids is 2. The van der Waals surface area contributed by atoms with Crippen LogP contribution in [-0.2, 0) is 4.74 Å². The van der Waals surface area contributed by atoms with Crippen LogP contribution in [-0.4, -0.2) is 18.5 Å². The number of aryl methyl sites for hydroxylation is 1. The first-order valence-corrected chi connectivity index (χ1v) is 11.3. The standard InChI is InChI=1S/C27H23NO3S/c1-3-31-27(30)24-23(21-14-12-20(13-15-21)19-9-5-4-6-10-19)17-32-26(24)28-25(29)22-11-7-8-18(2)16-22/h4-17H,3H2,1-2H3,(H,28,29). The summed E-state index contributed by atoms with van der Waals surface area (Å²) in [4.78, 5) is 25.6. The van der Waals surface area contributed by atoms with Crippen molar-refractivity contribution in [1.29, 1.82) is 0 Å². The van der Waals surface area contributed by atoms with Crippen LogP contribution in [0, 0.1) is 6.92 Å². The maximum Gasteiger partial charge on any atom is 0.341 e. The molecule has 32 heavy (non-hydrogen) atoms.